The zero-order valence-corrected chi connectivity index (χ0v) is 11.0. The average Bonchev–Trinajstić information content (AvgIpc) is 2.24. The van der Waals surface area contributed by atoms with Gasteiger partial charge in [-0.2, -0.15) is 0 Å². The van der Waals surface area contributed by atoms with Crippen molar-refractivity contribution in [1.82, 2.24) is 0 Å². The van der Waals surface area contributed by atoms with Gasteiger partial charge in [-0.25, -0.2) is 0 Å². The molecule has 3 heteroatoms. The molecule has 3 N–H and O–H groups in total. The first-order valence-electron chi connectivity index (χ1n) is 6.43. The average molecular weight is 229 g/mol. The Bertz CT molecular complexity index is 206. The minimum atomic E-state index is -0.881. The topological polar surface area (TPSA) is 63.3 Å². The van der Waals surface area contributed by atoms with Gasteiger partial charge in [0.2, 0.25) is 0 Å². The molecule has 0 heterocycles. The summed E-state index contributed by atoms with van der Waals surface area (Å²) in [7, 11) is 0. The van der Waals surface area contributed by atoms with Crippen LogP contribution in [0.25, 0.3) is 0 Å². The molecule has 1 unspecified atom stereocenters. The van der Waals surface area contributed by atoms with Crippen molar-refractivity contribution in [1.29, 1.82) is 0 Å². The van der Waals surface area contributed by atoms with E-state index in [-0.39, 0.29) is 5.41 Å². The third kappa shape index (κ3) is 6.11. The quantitative estimate of drug-likeness (QED) is 0.597. The highest BCUT2D eigenvalue weighted by Crippen LogP contribution is 2.33. The highest BCUT2D eigenvalue weighted by molar-refractivity contribution is 5.73. The number of carbonyl (C=O) groups is 1. The smallest absolute Gasteiger partial charge is 0.320 e. The lowest BCUT2D eigenvalue weighted by Gasteiger charge is -2.30. The predicted molar refractivity (Wildman–Crippen MR) is 67.4 cm³/mol. The monoisotopic (exact) mass is 229 g/mol. The van der Waals surface area contributed by atoms with Crippen LogP contribution in [-0.2, 0) is 4.79 Å². The molecule has 0 saturated heterocycles. The Morgan fingerprint density at radius 2 is 1.94 bits per heavy atom. The van der Waals surface area contributed by atoms with Gasteiger partial charge in [0.05, 0.1) is 0 Å². The number of unbranched alkanes of at least 4 members (excludes halogenated alkanes) is 3. The maximum absolute atomic E-state index is 10.7. The van der Waals surface area contributed by atoms with Crippen LogP contribution in [0.15, 0.2) is 0 Å². The molecule has 0 fully saturated rings. The van der Waals surface area contributed by atoms with E-state index in [2.05, 4.69) is 20.8 Å². The van der Waals surface area contributed by atoms with Crippen molar-refractivity contribution in [2.45, 2.75) is 71.8 Å². The number of rotatable bonds is 9. The zero-order valence-electron chi connectivity index (χ0n) is 11.0. The minimum Gasteiger partial charge on any atom is -0.480 e. The summed E-state index contributed by atoms with van der Waals surface area (Å²) in [6.45, 7) is 6.47. The molecule has 0 radical (unpaired) electrons. The van der Waals surface area contributed by atoms with Crippen LogP contribution >= 0.6 is 0 Å². The summed E-state index contributed by atoms with van der Waals surface area (Å²) in [6.07, 6.45) is 7.61. The van der Waals surface area contributed by atoms with Crippen LogP contribution in [0.2, 0.25) is 0 Å². The lowest BCUT2D eigenvalue weighted by molar-refractivity contribution is -0.139. The first kappa shape index (κ1) is 15.4. The third-order valence-electron chi connectivity index (χ3n) is 3.52. The lowest BCUT2D eigenvalue weighted by atomic mass is 9.77. The second-order valence-electron chi connectivity index (χ2n) is 5.12. The van der Waals surface area contributed by atoms with Crippen molar-refractivity contribution < 1.29 is 9.90 Å². The second-order valence-corrected chi connectivity index (χ2v) is 5.12. The molecule has 0 aromatic rings. The fourth-order valence-electron chi connectivity index (χ4n) is 2.02. The van der Waals surface area contributed by atoms with E-state index in [0.29, 0.717) is 6.42 Å². The van der Waals surface area contributed by atoms with E-state index in [1.807, 2.05) is 0 Å². The Kier molecular flexibility index (Phi) is 7.39. The first-order chi connectivity index (χ1) is 7.45. The number of carboxylic acid groups (broad SMARTS) is 1. The molecule has 2 atom stereocenters. The standard InChI is InChI=1S/C13H27NO2/c1-4-6-7-8-9-13(3,5-2)10-11(14)12(15)16/h11H,4-10,14H2,1-3H3,(H,15,16)/t11-,13?/m0/s1. The van der Waals surface area contributed by atoms with E-state index in [1.165, 1.54) is 25.7 Å². The molecule has 0 spiro atoms. The Morgan fingerprint density at radius 3 is 2.38 bits per heavy atom. The summed E-state index contributed by atoms with van der Waals surface area (Å²) >= 11 is 0. The Hall–Kier alpha value is -0.570. The van der Waals surface area contributed by atoms with Crippen LogP contribution in [-0.4, -0.2) is 17.1 Å². The zero-order chi connectivity index (χ0) is 12.6. The van der Waals surface area contributed by atoms with Crippen LogP contribution in [0.4, 0.5) is 0 Å². The number of aliphatic carboxylic acids is 1. The largest absolute Gasteiger partial charge is 0.480 e. The summed E-state index contributed by atoms with van der Waals surface area (Å²) in [5, 5.41) is 8.83. The fraction of sp³-hybridized carbons (Fsp3) is 0.923. The van der Waals surface area contributed by atoms with Gasteiger partial charge in [0.15, 0.2) is 0 Å². The van der Waals surface area contributed by atoms with Crippen LogP contribution < -0.4 is 5.73 Å². The van der Waals surface area contributed by atoms with Gasteiger partial charge in [0.1, 0.15) is 6.04 Å². The molecule has 0 aromatic carbocycles. The molecule has 96 valence electrons. The van der Waals surface area contributed by atoms with E-state index in [1.54, 1.807) is 0 Å². The van der Waals surface area contributed by atoms with Gasteiger partial charge in [-0.15, -0.1) is 0 Å². The highest BCUT2D eigenvalue weighted by atomic mass is 16.4. The molecular weight excluding hydrogens is 202 g/mol. The molecule has 0 aliphatic heterocycles. The Morgan fingerprint density at radius 1 is 1.31 bits per heavy atom. The highest BCUT2D eigenvalue weighted by Gasteiger charge is 2.27. The lowest BCUT2D eigenvalue weighted by Crippen LogP contribution is -2.36. The SMILES string of the molecule is CCCCCCC(C)(CC)C[C@H](N)C(=O)O. The van der Waals surface area contributed by atoms with Gasteiger partial charge < -0.3 is 10.8 Å². The van der Waals surface area contributed by atoms with E-state index in [9.17, 15) is 4.79 Å². The molecule has 0 amide bonds. The summed E-state index contributed by atoms with van der Waals surface area (Å²) in [5.41, 5.74) is 5.70. The van der Waals surface area contributed by atoms with E-state index < -0.39 is 12.0 Å². The molecule has 3 nitrogen and oxygen atoms in total. The van der Waals surface area contributed by atoms with E-state index in [0.717, 1.165) is 12.8 Å². The Labute approximate surface area is 99.4 Å². The van der Waals surface area contributed by atoms with Crippen LogP contribution in [0.1, 0.15) is 65.7 Å². The third-order valence-corrected chi connectivity index (χ3v) is 3.52. The summed E-state index contributed by atoms with van der Waals surface area (Å²) < 4.78 is 0. The summed E-state index contributed by atoms with van der Waals surface area (Å²) in [4.78, 5) is 10.7. The summed E-state index contributed by atoms with van der Waals surface area (Å²) in [5.74, 6) is -0.881. The second kappa shape index (κ2) is 7.66. The van der Waals surface area contributed by atoms with Gasteiger partial charge in [-0.3, -0.25) is 4.79 Å². The predicted octanol–water partition coefficient (Wildman–Crippen LogP) is 3.18. The van der Waals surface area contributed by atoms with Gasteiger partial charge in [-0.1, -0.05) is 52.9 Å². The van der Waals surface area contributed by atoms with Gasteiger partial charge in [-0.05, 0) is 18.3 Å². The van der Waals surface area contributed by atoms with Crippen molar-refractivity contribution >= 4 is 5.97 Å². The number of nitrogens with two attached hydrogens (primary N) is 1. The molecule has 16 heavy (non-hydrogen) atoms. The van der Waals surface area contributed by atoms with Crippen molar-refractivity contribution in [3.63, 3.8) is 0 Å². The molecule has 0 aromatic heterocycles. The Balaban J connectivity index is 4.04. The fourth-order valence-corrected chi connectivity index (χ4v) is 2.02. The van der Waals surface area contributed by atoms with Crippen molar-refractivity contribution in [3.05, 3.63) is 0 Å². The number of carboxylic acids is 1. The molecule has 0 bridgehead atoms. The van der Waals surface area contributed by atoms with Crippen LogP contribution in [0.5, 0.6) is 0 Å². The van der Waals surface area contributed by atoms with E-state index in [4.69, 9.17) is 10.8 Å². The molecule has 0 aliphatic rings. The molecule has 0 aliphatic carbocycles. The number of hydrogen-bond acceptors (Lipinski definition) is 2. The maximum Gasteiger partial charge on any atom is 0.320 e. The minimum absolute atomic E-state index is 0.0888. The maximum atomic E-state index is 10.7. The summed E-state index contributed by atoms with van der Waals surface area (Å²) in [6, 6.07) is -0.712. The molecular formula is C13H27NO2. The normalized spacial score (nSPS) is 16.8. The van der Waals surface area contributed by atoms with Crippen LogP contribution in [0, 0.1) is 5.41 Å². The number of hydrogen-bond donors (Lipinski definition) is 2. The first-order valence-corrected chi connectivity index (χ1v) is 6.43. The van der Waals surface area contributed by atoms with Gasteiger partial charge in [0.25, 0.3) is 0 Å². The van der Waals surface area contributed by atoms with E-state index >= 15 is 0 Å². The van der Waals surface area contributed by atoms with Crippen LogP contribution in [0.3, 0.4) is 0 Å². The van der Waals surface area contributed by atoms with Crippen molar-refractivity contribution in [2.75, 3.05) is 0 Å². The van der Waals surface area contributed by atoms with Gasteiger partial charge in [0, 0.05) is 0 Å². The van der Waals surface area contributed by atoms with Crippen molar-refractivity contribution in [2.24, 2.45) is 11.1 Å². The van der Waals surface area contributed by atoms with Crippen molar-refractivity contribution in [3.8, 4) is 0 Å². The molecule has 0 rings (SSSR count). The van der Waals surface area contributed by atoms with Gasteiger partial charge >= 0.3 is 5.97 Å². The molecule has 0 saturated carbocycles.